The Balaban J connectivity index is 1.96. The topological polar surface area (TPSA) is 72.9 Å². The largest absolute Gasteiger partial charge is 0.490 e. The lowest BCUT2D eigenvalue weighted by atomic mass is 10.2. The monoisotopic (exact) mass is 405 g/mol. The third kappa shape index (κ3) is 5.56. The number of ether oxygens (including phenoxy) is 2. The zero-order chi connectivity index (χ0) is 20.7. The molecule has 0 N–H and O–H groups in total. The van der Waals surface area contributed by atoms with Gasteiger partial charge in [0.1, 0.15) is 19.0 Å². The Morgan fingerprint density at radius 3 is 2.46 bits per heavy atom. The average Bonchev–Trinajstić information content (AvgIpc) is 2.70. The second-order valence-electron chi connectivity index (χ2n) is 6.63. The zero-order valence-corrected chi connectivity index (χ0v) is 17.5. The zero-order valence-electron chi connectivity index (χ0n) is 16.7. The molecule has 0 heterocycles. The van der Waals surface area contributed by atoms with Crippen molar-refractivity contribution in [3.63, 3.8) is 0 Å². The van der Waals surface area contributed by atoms with Crippen LogP contribution in [0.5, 0.6) is 5.75 Å². The van der Waals surface area contributed by atoms with E-state index in [1.165, 1.54) is 41.2 Å². The fourth-order valence-corrected chi connectivity index (χ4v) is 3.87. The summed E-state index contributed by atoms with van der Waals surface area (Å²) in [4.78, 5) is 12.3. The summed E-state index contributed by atoms with van der Waals surface area (Å²) in [5.74, 6) is 0.135. The average molecular weight is 406 g/mol. The molecule has 2 aromatic carbocycles. The lowest BCUT2D eigenvalue weighted by Crippen LogP contribution is -2.33. The lowest BCUT2D eigenvalue weighted by Gasteiger charge is -2.21. The van der Waals surface area contributed by atoms with Gasteiger partial charge in [0, 0.05) is 13.1 Å². The Hall–Kier alpha value is -2.38. The van der Waals surface area contributed by atoms with Crippen molar-refractivity contribution in [2.24, 2.45) is 0 Å². The van der Waals surface area contributed by atoms with Gasteiger partial charge in [0.05, 0.1) is 10.5 Å². The summed E-state index contributed by atoms with van der Waals surface area (Å²) in [5.41, 5.74) is 1.35. The molecule has 2 aromatic rings. The van der Waals surface area contributed by atoms with Gasteiger partial charge in [-0.15, -0.1) is 0 Å². The minimum atomic E-state index is -3.66. The molecule has 0 fully saturated rings. The van der Waals surface area contributed by atoms with E-state index >= 15 is 0 Å². The first-order valence-electron chi connectivity index (χ1n) is 9.22. The quantitative estimate of drug-likeness (QED) is 0.471. The van der Waals surface area contributed by atoms with E-state index in [2.05, 4.69) is 6.92 Å². The van der Waals surface area contributed by atoms with E-state index in [1.807, 2.05) is 24.3 Å². The first-order chi connectivity index (χ1) is 13.3. The van der Waals surface area contributed by atoms with Crippen molar-refractivity contribution in [2.75, 3.05) is 20.3 Å². The predicted octanol–water partition coefficient (Wildman–Crippen LogP) is 3.51. The van der Waals surface area contributed by atoms with E-state index in [4.69, 9.17) is 9.47 Å². The number of aryl methyl sites for hydroxylation is 1. The van der Waals surface area contributed by atoms with Crippen LogP contribution in [0.2, 0.25) is 0 Å². The Kier molecular flexibility index (Phi) is 7.60. The molecule has 0 saturated heterocycles. The maximum atomic E-state index is 12.6. The molecule has 7 heteroatoms. The predicted molar refractivity (Wildman–Crippen MR) is 108 cm³/mol. The highest BCUT2D eigenvalue weighted by Gasteiger charge is 2.24. The van der Waals surface area contributed by atoms with Crippen molar-refractivity contribution < 1.29 is 22.7 Å². The maximum absolute atomic E-state index is 12.6. The number of hydrogen-bond donors (Lipinski definition) is 0. The molecular weight excluding hydrogens is 378 g/mol. The lowest BCUT2D eigenvalue weighted by molar-refractivity contribution is 0.0450. The number of hydrogen-bond acceptors (Lipinski definition) is 5. The minimum absolute atomic E-state index is 0.0609. The molecule has 6 nitrogen and oxygen atoms in total. The van der Waals surface area contributed by atoms with Crippen LogP contribution < -0.4 is 4.74 Å². The molecule has 0 radical (unpaired) electrons. The highest BCUT2D eigenvalue weighted by molar-refractivity contribution is 7.89. The van der Waals surface area contributed by atoms with Crippen LogP contribution in [-0.2, 0) is 21.2 Å². The van der Waals surface area contributed by atoms with Gasteiger partial charge in [0.15, 0.2) is 0 Å². The van der Waals surface area contributed by atoms with E-state index in [-0.39, 0.29) is 29.7 Å². The number of carbonyl (C=O) groups is 1. The minimum Gasteiger partial charge on any atom is -0.490 e. The molecule has 0 atom stereocenters. The van der Waals surface area contributed by atoms with Gasteiger partial charge >= 0.3 is 5.97 Å². The van der Waals surface area contributed by atoms with E-state index in [1.54, 1.807) is 13.8 Å². The third-order valence-electron chi connectivity index (χ3n) is 4.37. The molecule has 0 spiro atoms. The van der Waals surface area contributed by atoms with E-state index in [9.17, 15) is 13.2 Å². The van der Waals surface area contributed by atoms with Gasteiger partial charge < -0.3 is 9.47 Å². The van der Waals surface area contributed by atoms with Crippen molar-refractivity contribution in [3.8, 4) is 5.75 Å². The summed E-state index contributed by atoms with van der Waals surface area (Å²) >= 11 is 0. The van der Waals surface area contributed by atoms with Crippen molar-refractivity contribution in [2.45, 2.75) is 38.1 Å². The molecule has 152 valence electrons. The summed E-state index contributed by atoms with van der Waals surface area (Å²) in [6.45, 7) is 5.91. The summed E-state index contributed by atoms with van der Waals surface area (Å²) in [7, 11) is -2.15. The Labute approximate surface area is 167 Å². The highest BCUT2D eigenvalue weighted by Crippen LogP contribution is 2.18. The fraction of sp³-hybridized carbons (Fsp3) is 0.381. The van der Waals surface area contributed by atoms with Crippen LogP contribution in [0, 0.1) is 0 Å². The third-order valence-corrected chi connectivity index (χ3v) is 6.40. The van der Waals surface area contributed by atoms with Gasteiger partial charge in [-0.3, -0.25) is 0 Å². The summed E-state index contributed by atoms with van der Waals surface area (Å²) in [6, 6.07) is 13.4. The number of nitrogens with zero attached hydrogens (tertiary/aromatic N) is 1. The van der Waals surface area contributed by atoms with Gasteiger partial charge in [-0.05, 0) is 56.2 Å². The molecular formula is C21H27NO5S. The highest BCUT2D eigenvalue weighted by atomic mass is 32.2. The van der Waals surface area contributed by atoms with Crippen molar-refractivity contribution in [1.29, 1.82) is 0 Å². The van der Waals surface area contributed by atoms with Crippen LogP contribution in [0.4, 0.5) is 0 Å². The van der Waals surface area contributed by atoms with Crippen molar-refractivity contribution in [3.05, 3.63) is 59.7 Å². The van der Waals surface area contributed by atoms with Crippen molar-refractivity contribution in [1.82, 2.24) is 4.31 Å². The number of benzene rings is 2. The summed E-state index contributed by atoms with van der Waals surface area (Å²) in [6.07, 6.45) is 0.914. The van der Waals surface area contributed by atoms with E-state index < -0.39 is 16.0 Å². The van der Waals surface area contributed by atoms with Gasteiger partial charge in [-0.2, -0.15) is 4.31 Å². The van der Waals surface area contributed by atoms with Crippen LogP contribution in [0.1, 0.15) is 36.7 Å². The van der Waals surface area contributed by atoms with Gasteiger partial charge in [0.2, 0.25) is 10.0 Å². The number of rotatable bonds is 9. The van der Waals surface area contributed by atoms with Gasteiger partial charge in [-0.1, -0.05) is 25.1 Å². The molecule has 0 saturated carbocycles. The second kappa shape index (κ2) is 9.71. The molecule has 0 unspecified atom stereocenters. The first-order valence-corrected chi connectivity index (χ1v) is 10.7. The van der Waals surface area contributed by atoms with Crippen LogP contribution in [0.15, 0.2) is 53.4 Å². The molecule has 0 amide bonds. The SMILES string of the molecule is CCc1cccc(OCCOC(=O)c2cccc(S(=O)(=O)N(C)C(C)C)c2)c1. The van der Waals surface area contributed by atoms with Crippen LogP contribution >= 0.6 is 0 Å². The molecule has 28 heavy (non-hydrogen) atoms. The molecule has 0 aliphatic heterocycles. The van der Waals surface area contributed by atoms with E-state index in [0.29, 0.717) is 0 Å². The molecule has 0 aliphatic carbocycles. The second-order valence-corrected chi connectivity index (χ2v) is 8.63. The van der Waals surface area contributed by atoms with Crippen LogP contribution in [0.25, 0.3) is 0 Å². The maximum Gasteiger partial charge on any atom is 0.338 e. The number of esters is 1. The molecule has 0 aromatic heterocycles. The van der Waals surface area contributed by atoms with Gasteiger partial charge in [-0.25, -0.2) is 13.2 Å². The summed E-state index contributed by atoms with van der Waals surface area (Å²) < 4.78 is 37.2. The molecule has 2 rings (SSSR count). The molecule has 0 bridgehead atoms. The van der Waals surface area contributed by atoms with Crippen LogP contribution in [-0.4, -0.2) is 45.0 Å². The van der Waals surface area contributed by atoms with Crippen molar-refractivity contribution >= 4 is 16.0 Å². The normalized spacial score (nSPS) is 11.6. The number of carbonyl (C=O) groups excluding carboxylic acids is 1. The summed E-state index contributed by atoms with van der Waals surface area (Å²) in [5, 5.41) is 0. The Morgan fingerprint density at radius 1 is 1.07 bits per heavy atom. The first kappa shape index (κ1) is 21.9. The molecule has 0 aliphatic rings. The smallest absolute Gasteiger partial charge is 0.338 e. The number of sulfonamides is 1. The van der Waals surface area contributed by atoms with E-state index in [0.717, 1.165) is 12.2 Å². The Morgan fingerprint density at radius 2 is 1.79 bits per heavy atom. The van der Waals surface area contributed by atoms with Crippen LogP contribution in [0.3, 0.4) is 0 Å². The van der Waals surface area contributed by atoms with Gasteiger partial charge in [0.25, 0.3) is 0 Å². The Bertz CT molecular complexity index is 909. The fourth-order valence-electron chi connectivity index (χ4n) is 2.46. The standard InChI is InChI=1S/C21H27NO5S/c1-5-17-8-6-10-19(14-17)26-12-13-27-21(23)18-9-7-11-20(15-18)28(24,25)22(4)16(2)3/h6-11,14-16H,5,12-13H2,1-4H3.